The molecule has 0 saturated carbocycles. The van der Waals surface area contributed by atoms with Crippen molar-refractivity contribution in [3.8, 4) is 11.8 Å². The number of unbranched alkanes of at least 4 members (excludes halogenated alkanes) is 5. The van der Waals surface area contributed by atoms with Crippen LogP contribution in [0.25, 0.3) is 21.9 Å². The van der Waals surface area contributed by atoms with E-state index in [0.29, 0.717) is 51.5 Å². The van der Waals surface area contributed by atoms with E-state index >= 15 is 9.59 Å². The summed E-state index contributed by atoms with van der Waals surface area (Å²) >= 11 is 0. The number of imide groups is 1. The second kappa shape index (κ2) is 19.0. The maximum absolute atomic E-state index is 15.3. The van der Waals surface area contributed by atoms with Crippen molar-refractivity contribution in [2.24, 2.45) is 20.0 Å². The SMILES string of the molecule is CCCCCCCCn1c(O)c2cc3c(cc2c1O)C(=O)N(C1=C2C=CC(=N2)C(c2cc(C(C)(C)C)cc(C(C)(C)C)c2)=C2C=CC(=N2)C=C2C=CC(=N2)C(c2cc(C(C)(C)C)cc(C(C)(C)C)c2)=C2C=CC1=N2)C3=O. The third-order valence-corrected chi connectivity index (χ3v) is 15.3. The Morgan fingerprint density at radius 1 is 0.461 bits per heavy atom. The first-order chi connectivity index (χ1) is 35.8. The summed E-state index contributed by atoms with van der Waals surface area (Å²) in [4.78, 5) is 53.0. The highest BCUT2D eigenvalue weighted by Gasteiger charge is 2.43. The highest BCUT2D eigenvalue weighted by atomic mass is 16.3. The molecule has 0 atom stereocenters. The van der Waals surface area contributed by atoms with Crippen LogP contribution >= 0.6 is 0 Å². The zero-order valence-corrected chi connectivity index (χ0v) is 46.7. The molecule has 0 radical (unpaired) electrons. The summed E-state index contributed by atoms with van der Waals surface area (Å²) in [6.45, 7) is 29.2. The van der Waals surface area contributed by atoms with Crippen LogP contribution in [-0.2, 0) is 28.2 Å². The lowest BCUT2D eigenvalue weighted by Gasteiger charge is -2.27. The largest absolute Gasteiger partial charge is 0.494 e. The number of aliphatic imine (C=N–C) groups is 4. The molecule has 3 aromatic carbocycles. The molecule has 6 aliphatic rings. The third-order valence-electron chi connectivity index (χ3n) is 15.3. The van der Waals surface area contributed by atoms with Gasteiger partial charge in [0.15, 0.2) is 0 Å². The van der Waals surface area contributed by atoms with Crippen LogP contribution in [0, 0.1) is 0 Å². The van der Waals surface area contributed by atoms with Crippen molar-refractivity contribution >= 4 is 56.6 Å². The van der Waals surface area contributed by atoms with Crippen LogP contribution in [0.3, 0.4) is 0 Å². The quantitative estimate of drug-likeness (QED) is 0.121. The molecule has 76 heavy (non-hydrogen) atoms. The Kier molecular flexibility index (Phi) is 13.0. The summed E-state index contributed by atoms with van der Waals surface area (Å²) in [7, 11) is 0. The summed E-state index contributed by atoms with van der Waals surface area (Å²) in [5, 5.41) is 23.8. The van der Waals surface area contributed by atoms with Crippen molar-refractivity contribution in [1.82, 2.24) is 9.47 Å². The van der Waals surface area contributed by atoms with E-state index in [9.17, 15) is 10.2 Å². The maximum Gasteiger partial charge on any atom is 0.266 e. The monoisotopic (exact) mass is 1010 g/mol. The smallest absolute Gasteiger partial charge is 0.266 e. The van der Waals surface area contributed by atoms with Gasteiger partial charge in [0.1, 0.15) is 5.70 Å². The molecule has 0 saturated heterocycles. The van der Waals surface area contributed by atoms with Gasteiger partial charge in [-0.3, -0.25) is 14.2 Å². The summed E-state index contributed by atoms with van der Waals surface area (Å²) < 4.78 is 1.48. The number of amides is 2. The molecule has 0 fully saturated rings. The van der Waals surface area contributed by atoms with E-state index < -0.39 is 11.8 Å². The number of rotatable bonds is 10. The fourth-order valence-corrected chi connectivity index (χ4v) is 10.6. The van der Waals surface area contributed by atoms with Crippen molar-refractivity contribution in [1.29, 1.82) is 0 Å². The molecule has 8 bridgehead atoms. The molecule has 4 aromatic rings. The highest BCUT2D eigenvalue weighted by Crippen LogP contribution is 2.44. The van der Waals surface area contributed by atoms with E-state index in [0.717, 1.165) is 65.8 Å². The molecule has 0 spiro atoms. The summed E-state index contributed by atoms with van der Waals surface area (Å²) in [5.41, 5.74) is 12.7. The number of nitrogens with zero attached hydrogens (tertiary/aromatic N) is 6. The average molecular weight is 1010 g/mol. The van der Waals surface area contributed by atoms with Crippen molar-refractivity contribution in [2.45, 2.75) is 157 Å². The number of carbonyl (C=O) groups is 2. The van der Waals surface area contributed by atoms with Gasteiger partial charge in [-0.25, -0.2) is 24.9 Å². The number of hydrogen-bond acceptors (Lipinski definition) is 8. The molecular formula is C66H72N6O4. The molecule has 0 unspecified atom stereocenters. The minimum absolute atomic E-state index is 0.114. The average Bonchev–Trinajstić information content (AvgIpc) is 4.25. The summed E-state index contributed by atoms with van der Waals surface area (Å²) in [5.74, 6) is -1.46. The van der Waals surface area contributed by atoms with Crippen LogP contribution in [0.4, 0.5) is 0 Å². The predicted molar refractivity (Wildman–Crippen MR) is 312 cm³/mol. The fourth-order valence-electron chi connectivity index (χ4n) is 10.6. The Hall–Kier alpha value is -7.46. The van der Waals surface area contributed by atoms with Crippen molar-refractivity contribution < 1.29 is 19.8 Å². The van der Waals surface area contributed by atoms with Gasteiger partial charge in [-0.2, -0.15) is 0 Å². The highest BCUT2D eigenvalue weighted by molar-refractivity contribution is 6.35. The lowest BCUT2D eigenvalue weighted by Crippen LogP contribution is -2.33. The van der Waals surface area contributed by atoms with E-state index in [1.54, 1.807) is 0 Å². The molecule has 0 aliphatic carbocycles. The van der Waals surface area contributed by atoms with Crippen LogP contribution in [0.5, 0.6) is 11.8 Å². The fraction of sp³-hybridized carbons (Fsp3) is 0.364. The number of benzene rings is 3. The Morgan fingerprint density at radius 2 is 0.895 bits per heavy atom. The van der Waals surface area contributed by atoms with Gasteiger partial charge in [-0.05, 0) is 128 Å². The van der Waals surface area contributed by atoms with Crippen molar-refractivity contribution in [3.05, 3.63) is 176 Å². The van der Waals surface area contributed by atoms with Crippen LogP contribution in [-0.4, -0.2) is 54.3 Å². The number of fused-ring (bicyclic) bond motifs is 6. The Balaban J connectivity index is 1.20. The van der Waals surface area contributed by atoms with Crippen LogP contribution in [0.2, 0.25) is 0 Å². The van der Waals surface area contributed by atoms with E-state index in [1.165, 1.54) is 50.3 Å². The van der Waals surface area contributed by atoms with E-state index in [-0.39, 0.29) is 50.2 Å². The molecule has 1 aromatic heterocycles. The summed E-state index contributed by atoms with van der Waals surface area (Å²) in [6.07, 6.45) is 23.9. The van der Waals surface area contributed by atoms with Gasteiger partial charge in [0, 0.05) is 28.5 Å². The Labute approximate surface area is 448 Å². The maximum atomic E-state index is 15.3. The van der Waals surface area contributed by atoms with Crippen LogP contribution in [0.15, 0.2) is 152 Å². The molecule has 6 aliphatic heterocycles. The van der Waals surface area contributed by atoms with Crippen LogP contribution in [0.1, 0.15) is 183 Å². The first kappa shape index (κ1) is 52.0. The zero-order valence-electron chi connectivity index (χ0n) is 46.7. The number of aromatic nitrogens is 1. The second-order valence-corrected chi connectivity index (χ2v) is 25.2. The third kappa shape index (κ3) is 9.60. The van der Waals surface area contributed by atoms with Gasteiger partial charge < -0.3 is 10.2 Å². The standard InChI is InChI=1S/C66H72N6O4/c1-14-15-16-17-18-19-28-71-59(73)46-36-48-49(37-47(46)60(71)74)62(76)72(61(48)75)58-54-26-24-52(69-54)56(38-29-40(63(2,3)4)33-41(30-38)64(5,6)7)50-22-20-44(67-50)35-45-21-23-51(68-45)57(53-25-27-55(58)70-53)39-31-42(65(8,9)10)34-43(32-39)66(11,12)13/h20-27,29-37,73-74H,14-19,28H2,1-13H3. The lowest BCUT2D eigenvalue weighted by molar-refractivity contribution is 0.0711. The minimum atomic E-state index is -0.586. The predicted octanol–water partition coefficient (Wildman–Crippen LogP) is 15.2. The number of carbonyl (C=O) groups excluding carboxylic acids is 2. The number of aromatic hydroxyl groups is 2. The second-order valence-electron chi connectivity index (χ2n) is 25.2. The van der Waals surface area contributed by atoms with Gasteiger partial charge in [0.05, 0.1) is 56.8 Å². The number of hydrogen-bond donors (Lipinski definition) is 2. The molecular weight excluding hydrogens is 941 g/mol. The molecule has 10 nitrogen and oxygen atoms in total. The van der Waals surface area contributed by atoms with Gasteiger partial charge in [0.25, 0.3) is 11.8 Å². The zero-order chi connectivity index (χ0) is 54.4. The topological polar surface area (TPSA) is 132 Å². The van der Waals surface area contributed by atoms with E-state index in [2.05, 4.69) is 126 Å². The van der Waals surface area contributed by atoms with Gasteiger partial charge >= 0.3 is 0 Å². The molecule has 7 heterocycles. The first-order valence-electron chi connectivity index (χ1n) is 27.1. The van der Waals surface area contributed by atoms with Crippen molar-refractivity contribution in [2.75, 3.05) is 0 Å². The number of allylic oxidation sites excluding steroid dienone is 11. The molecule has 390 valence electrons. The van der Waals surface area contributed by atoms with E-state index in [1.807, 2.05) is 54.7 Å². The molecule has 10 rings (SSSR count). The van der Waals surface area contributed by atoms with Gasteiger partial charge in [-0.1, -0.05) is 159 Å². The van der Waals surface area contributed by atoms with Gasteiger partial charge in [0.2, 0.25) is 11.8 Å². The Bertz CT molecular complexity index is 3400. The normalized spacial score (nSPS) is 17.5. The molecule has 2 N–H and O–H groups in total. The summed E-state index contributed by atoms with van der Waals surface area (Å²) in [6, 6.07) is 16.6. The lowest BCUT2D eigenvalue weighted by atomic mass is 9.78. The molecule has 2 amide bonds. The van der Waals surface area contributed by atoms with E-state index in [4.69, 9.17) is 20.0 Å². The van der Waals surface area contributed by atoms with Crippen LogP contribution < -0.4 is 0 Å². The molecule has 10 heteroatoms. The minimum Gasteiger partial charge on any atom is -0.494 e. The first-order valence-corrected chi connectivity index (χ1v) is 27.1. The van der Waals surface area contributed by atoms with Gasteiger partial charge in [-0.15, -0.1) is 0 Å². The van der Waals surface area contributed by atoms with Crippen molar-refractivity contribution in [3.63, 3.8) is 0 Å². The Morgan fingerprint density at radius 3 is 1.42 bits per heavy atom.